The van der Waals surface area contributed by atoms with Crippen molar-refractivity contribution in [3.05, 3.63) is 29.8 Å². The van der Waals surface area contributed by atoms with Crippen molar-refractivity contribution < 1.29 is 18.0 Å². The van der Waals surface area contributed by atoms with Crippen LogP contribution in [0, 0.1) is 6.92 Å². The van der Waals surface area contributed by atoms with Crippen LogP contribution in [-0.4, -0.2) is 14.4 Å². The highest BCUT2D eigenvalue weighted by molar-refractivity contribution is 7.89. The molecule has 0 aromatic heterocycles. The fraction of sp³-hybridized carbons (Fsp3) is 0.462. The van der Waals surface area contributed by atoms with E-state index in [-0.39, 0.29) is 11.3 Å². The van der Waals surface area contributed by atoms with E-state index in [1.54, 1.807) is 12.1 Å². The molecule has 1 rings (SSSR count). The Morgan fingerprint density at radius 2 is 1.84 bits per heavy atom. The third-order valence-corrected chi connectivity index (χ3v) is 3.78. The molecule has 0 bridgehead atoms. The molecule has 0 unspecified atom stereocenters. The quantitative estimate of drug-likeness (QED) is 0.616. The van der Waals surface area contributed by atoms with Gasteiger partial charge in [0.05, 0.1) is 4.90 Å². The Bertz CT molecular complexity index is 508. The van der Waals surface area contributed by atoms with E-state index in [1.807, 2.05) is 18.7 Å². The molecule has 0 heterocycles. The SMILES string of the molecule is CCCCCC(=O)ONS(=O)(=O)c1ccc(C)cc1. The van der Waals surface area contributed by atoms with Gasteiger partial charge in [0, 0.05) is 6.42 Å². The number of aryl methyl sites for hydroxylation is 1. The van der Waals surface area contributed by atoms with Gasteiger partial charge in [-0.3, -0.25) is 4.79 Å². The van der Waals surface area contributed by atoms with Crippen molar-refractivity contribution in [1.82, 2.24) is 4.89 Å². The van der Waals surface area contributed by atoms with Crippen LogP contribution in [0.15, 0.2) is 29.2 Å². The number of carbonyl (C=O) groups excluding carboxylic acids is 1. The van der Waals surface area contributed by atoms with Gasteiger partial charge < -0.3 is 4.84 Å². The summed E-state index contributed by atoms with van der Waals surface area (Å²) in [5.41, 5.74) is 0.954. The highest BCUT2D eigenvalue weighted by Crippen LogP contribution is 2.10. The van der Waals surface area contributed by atoms with E-state index < -0.39 is 16.0 Å². The van der Waals surface area contributed by atoms with Crippen LogP contribution in [0.2, 0.25) is 0 Å². The minimum Gasteiger partial charge on any atom is -0.356 e. The van der Waals surface area contributed by atoms with Crippen molar-refractivity contribution in [2.45, 2.75) is 44.4 Å². The molecule has 0 radical (unpaired) electrons. The van der Waals surface area contributed by atoms with Crippen molar-refractivity contribution in [3.63, 3.8) is 0 Å². The zero-order chi connectivity index (χ0) is 14.3. The van der Waals surface area contributed by atoms with Crippen LogP contribution in [0.4, 0.5) is 0 Å². The first-order valence-corrected chi connectivity index (χ1v) is 7.72. The monoisotopic (exact) mass is 285 g/mol. The van der Waals surface area contributed by atoms with Crippen LogP contribution in [-0.2, 0) is 19.7 Å². The van der Waals surface area contributed by atoms with Crippen molar-refractivity contribution in [3.8, 4) is 0 Å². The van der Waals surface area contributed by atoms with E-state index in [0.29, 0.717) is 6.42 Å². The number of carbonyl (C=O) groups is 1. The number of benzene rings is 1. The summed E-state index contributed by atoms with van der Waals surface area (Å²) in [5.74, 6) is -0.566. The lowest BCUT2D eigenvalue weighted by Crippen LogP contribution is -2.27. The summed E-state index contributed by atoms with van der Waals surface area (Å²) >= 11 is 0. The lowest BCUT2D eigenvalue weighted by Gasteiger charge is -2.07. The summed E-state index contributed by atoms with van der Waals surface area (Å²) < 4.78 is 23.6. The average molecular weight is 285 g/mol. The Balaban J connectivity index is 2.51. The van der Waals surface area contributed by atoms with Gasteiger partial charge in [-0.05, 0) is 30.4 Å². The van der Waals surface area contributed by atoms with Crippen molar-refractivity contribution in [1.29, 1.82) is 0 Å². The maximum absolute atomic E-state index is 11.8. The maximum Gasteiger partial charge on any atom is 0.326 e. The first-order valence-electron chi connectivity index (χ1n) is 6.24. The van der Waals surface area contributed by atoms with Crippen LogP contribution in [0.25, 0.3) is 0 Å². The van der Waals surface area contributed by atoms with E-state index in [0.717, 1.165) is 18.4 Å². The minimum atomic E-state index is -3.80. The summed E-state index contributed by atoms with van der Waals surface area (Å²) in [6, 6.07) is 6.28. The molecule has 106 valence electrons. The molecule has 1 aromatic carbocycles. The van der Waals surface area contributed by atoms with Crippen molar-refractivity contribution >= 4 is 16.0 Å². The number of sulfonamides is 1. The standard InChI is InChI=1S/C13H19NO4S/c1-3-4-5-6-13(15)18-14-19(16,17)12-9-7-11(2)8-10-12/h7-10,14H,3-6H2,1-2H3. The van der Waals surface area contributed by atoms with E-state index >= 15 is 0 Å². The summed E-state index contributed by atoms with van der Waals surface area (Å²) in [5, 5.41) is 0. The Hall–Kier alpha value is -1.40. The first kappa shape index (κ1) is 15.7. The smallest absolute Gasteiger partial charge is 0.326 e. The average Bonchev–Trinajstić information content (AvgIpc) is 2.37. The predicted octanol–water partition coefficient (Wildman–Crippen LogP) is 2.31. The van der Waals surface area contributed by atoms with Gasteiger partial charge in [-0.15, -0.1) is 0 Å². The molecule has 0 aliphatic heterocycles. The predicted molar refractivity (Wildman–Crippen MR) is 71.7 cm³/mol. The molecule has 0 aliphatic rings. The molecular formula is C13H19NO4S. The van der Waals surface area contributed by atoms with Gasteiger partial charge in [0.15, 0.2) is 0 Å². The van der Waals surface area contributed by atoms with Crippen LogP contribution in [0.1, 0.15) is 38.2 Å². The number of unbranched alkanes of at least 4 members (excludes halogenated alkanes) is 2. The Labute approximate surface area is 114 Å². The van der Waals surface area contributed by atoms with Gasteiger partial charge in [0.25, 0.3) is 10.0 Å². The van der Waals surface area contributed by atoms with Crippen LogP contribution >= 0.6 is 0 Å². The van der Waals surface area contributed by atoms with Gasteiger partial charge >= 0.3 is 5.97 Å². The summed E-state index contributed by atoms with van der Waals surface area (Å²) in [6.45, 7) is 3.88. The third kappa shape index (κ3) is 5.40. The van der Waals surface area contributed by atoms with Gasteiger partial charge in [-0.2, -0.15) is 0 Å². The molecule has 0 amide bonds. The molecule has 0 aliphatic carbocycles. The maximum atomic E-state index is 11.8. The van der Waals surface area contributed by atoms with Crippen LogP contribution in [0.3, 0.4) is 0 Å². The lowest BCUT2D eigenvalue weighted by molar-refractivity contribution is -0.147. The molecular weight excluding hydrogens is 266 g/mol. The molecule has 0 saturated heterocycles. The number of rotatable bonds is 7. The fourth-order valence-electron chi connectivity index (χ4n) is 1.44. The van der Waals surface area contributed by atoms with Crippen LogP contribution < -0.4 is 4.89 Å². The normalized spacial score (nSPS) is 11.3. The van der Waals surface area contributed by atoms with Gasteiger partial charge in [-0.1, -0.05) is 37.5 Å². The Morgan fingerprint density at radius 3 is 2.42 bits per heavy atom. The van der Waals surface area contributed by atoms with Gasteiger partial charge in [0.2, 0.25) is 0 Å². The largest absolute Gasteiger partial charge is 0.356 e. The molecule has 1 aromatic rings. The highest BCUT2D eigenvalue weighted by atomic mass is 32.2. The van der Waals surface area contributed by atoms with Gasteiger partial charge in [-0.25, -0.2) is 8.42 Å². The summed E-state index contributed by atoms with van der Waals surface area (Å²) in [4.78, 5) is 17.8. The Morgan fingerprint density at radius 1 is 1.21 bits per heavy atom. The second kappa shape index (κ2) is 7.25. The summed E-state index contributed by atoms with van der Waals surface area (Å²) in [6.07, 6.45) is 2.81. The topological polar surface area (TPSA) is 72.5 Å². The summed E-state index contributed by atoms with van der Waals surface area (Å²) in [7, 11) is -3.80. The molecule has 19 heavy (non-hydrogen) atoms. The molecule has 1 N–H and O–H groups in total. The van der Waals surface area contributed by atoms with Crippen molar-refractivity contribution in [2.24, 2.45) is 0 Å². The number of hydrogen-bond donors (Lipinski definition) is 1. The highest BCUT2D eigenvalue weighted by Gasteiger charge is 2.16. The van der Waals surface area contributed by atoms with E-state index in [4.69, 9.17) is 0 Å². The molecule has 0 fully saturated rings. The van der Waals surface area contributed by atoms with E-state index in [2.05, 4.69) is 4.84 Å². The number of hydrogen-bond acceptors (Lipinski definition) is 4. The second-order valence-corrected chi connectivity index (χ2v) is 5.98. The minimum absolute atomic E-state index is 0.0689. The molecule has 0 saturated carbocycles. The zero-order valence-corrected chi connectivity index (χ0v) is 12.0. The lowest BCUT2D eigenvalue weighted by atomic mass is 10.2. The third-order valence-electron chi connectivity index (χ3n) is 2.58. The fourth-order valence-corrected chi connectivity index (χ4v) is 2.23. The molecule has 6 heteroatoms. The van der Waals surface area contributed by atoms with E-state index in [9.17, 15) is 13.2 Å². The molecule has 0 atom stereocenters. The number of nitrogens with one attached hydrogen (secondary N) is 1. The van der Waals surface area contributed by atoms with Crippen molar-refractivity contribution in [2.75, 3.05) is 0 Å². The Kier molecular flexibility index (Phi) is 5.98. The first-order chi connectivity index (χ1) is 8.95. The second-order valence-electron chi connectivity index (χ2n) is 4.33. The van der Waals surface area contributed by atoms with Gasteiger partial charge in [0.1, 0.15) is 0 Å². The zero-order valence-electron chi connectivity index (χ0n) is 11.2. The molecule has 0 spiro atoms. The molecule has 5 nitrogen and oxygen atoms in total. The van der Waals surface area contributed by atoms with Crippen LogP contribution in [0.5, 0.6) is 0 Å². The van der Waals surface area contributed by atoms with E-state index in [1.165, 1.54) is 12.1 Å².